The molecule has 3 aromatic rings. The number of halogens is 2. The van der Waals surface area contributed by atoms with Crippen LogP contribution in [-0.4, -0.2) is 31.8 Å². The third kappa shape index (κ3) is 3.52. The molecule has 0 fully saturated rings. The summed E-state index contributed by atoms with van der Waals surface area (Å²) in [6.45, 7) is 0. The first-order valence-electron chi connectivity index (χ1n) is 8.48. The average Bonchev–Trinajstić information content (AvgIpc) is 3.08. The van der Waals surface area contributed by atoms with Crippen LogP contribution >= 0.6 is 0 Å². The summed E-state index contributed by atoms with van der Waals surface area (Å²) in [4.78, 5) is 8.55. The Labute approximate surface area is 159 Å². The zero-order valence-corrected chi connectivity index (χ0v) is 14.8. The Bertz CT molecular complexity index is 1070. The van der Waals surface area contributed by atoms with Crippen LogP contribution < -0.4 is 5.43 Å². The minimum absolute atomic E-state index is 0.306. The third-order valence-electron chi connectivity index (χ3n) is 4.37. The summed E-state index contributed by atoms with van der Waals surface area (Å²) >= 11 is 0. The molecule has 0 aliphatic carbocycles. The largest absolute Gasteiger partial charge is 0.368 e. The van der Waals surface area contributed by atoms with Gasteiger partial charge in [0.1, 0.15) is 23.8 Å². The van der Waals surface area contributed by atoms with Crippen molar-refractivity contribution in [3.05, 3.63) is 76.9 Å². The zero-order valence-electron chi connectivity index (χ0n) is 14.8. The summed E-state index contributed by atoms with van der Waals surface area (Å²) in [5.74, 6) is -0.237. The maximum Gasteiger partial charge on any atom is 0.166 e. The van der Waals surface area contributed by atoms with E-state index in [0.717, 1.165) is 0 Å². The van der Waals surface area contributed by atoms with E-state index in [1.807, 2.05) is 0 Å². The van der Waals surface area contributed by atoms with E-state index in [1.54, 1.807) is 23.9 Å². The van der Waals surface area contributed by atoms with Gasteiger partial charge in [-0.3, -0.25) is 15.1 Å². The van der Waals surface area contributed by atoms with Gasteiger partial charge in [0.25, 0.3) is 0 Å². The van der Waals surface area contributed by atoms with Gasteiger partial charge in [-0.15, -0.1) is 0 Å². The second kappa shape index (κ2) is 7.28. The number of fused-ring (bicyclic) bond motifs is 1. The molecule has 2 heterocycles. The number of rotatable bonds is 4. The number of hydrogen-bond acceptors (Lipinski definition) is 6. The van der Waals surface area contributed by atoms with Gasteiger partial charge in [0.2, 0.25) is 0 Å². The molecule has 0 radical (unpaired) electrons. The van der Waals surface area contributed by atoms with Gasteiger partial charge in [-0.2, -0.15) is 10.2 Å². The highest BCUT2D eigenvalue weighted by atomic mass is 19.1. The topological polar surface area (TPSA) is 87.7 Å². The molecule has 1 aliphatic heterocycles. The number of hydrazone groups is 1. The first-order valence-corrected chi connectivity index (χ1v) is 8.48. The van der Waals surface area contributed by atoms with Gasteiger partial charge in [0.15, 0.2) is 6.23 Å². The summed E-state index contributed by atoms with van der Waals surface area (Å²) in [6, 6.07) is 8.28. The molecule has 4 rings (SSSR count). The number of nitrogens with zero attached hydrogens (tertiary/aromatic N) is 5. The number of benzene rings is 2. The fourth-order valence-electron chi connectivity index (χ4n) is 2.96. The first-order chi connectivity index (χ1) is 13.5. The monoisotopic (exact) mass is 382 g/mol. The summed E-state index contributed by atoms with van der Waals surface area (Å²) in [5.41, 5.74) is 4.94. The first kappa shape index (κ1) is 17.9. The summed E-state index contributed by atoms with van der Waals surface area (Å²) in [6.07, 6.45) is 2.09. The van der Waals surface area contributed by atoms with Crippen molar-refractivity contribution in [2.45, 2.75) is 12.6 Å². The van der Waals surface area contributed by atoms with Gasteiger partial charge in [-0.05, 0) is 23.8 Å². The Kier molecular flexibility index (Phi) is 4.66. The predicted molar refractivity (Wildman–Crippen MR) is 99.4 cm³/mol. The molecular weight excluding hydrogens is 366 g/mol. The Balaban J connectivity index is 1.76. The lowest BCUT2D eigenvalue weighted by atomic mass is 9.96. The molecular formula is C19H16F2N6O. The molecule has 0 saturated carbocycles. The van der Waals surface area contributed by atoms with Crippen molar-refractivity contribution in [2.75, 3.05) is 0 Å². The molecule has 7 nitrogen and oxygen atoms in total. The van der Waals surface area contributed by atoms with E-state index in [1.165, 1.54) is 36.8 Å². The Morgan fingerprint density at radius 2 is 2.00 bits per heavy atom. The van der Waals surface area contributed by atoms with E-state index >= 15 is 0 Å². The predicted octanol–water partition coefficient (Wildman–Crippen LogP) is 2.38. The van der Waals surface area contributed by atoms with Crippen LogP contribution in [-0.2, 0) is 13.5 Å². The van der Waals surface area contributed by atoms with Gasteiger partial charge in [-0.25, -0.2) is 13.8 Å². The van der Waals surface area contributed by atoms with Gasteiger partial charge >= 0.3 is 0 Å². The van der Waals surface area contributed by atoms with E-state index in [2.05, 4.69) is 25.6 Å². The fourth-order valence-corrected chi connectivity index (χ4v) is 2.96. The lowest BCUT2D eigenvalue weighted by Gasteiger charge is -2.23. The normalized spacial score (nSPS) is 16.0. The van der Waals surface area contributed by atoms with Crippen LogP contribution in [0.1, 0.15) is 28.7 Å². The zero-order chi connectivity index (χ0) is 19.7. The maximum absolute atomic E-state index is 14.1. The Hall–Kier alpha value is -3.46. The highest BCUT2D eigenvalue weighted by molar-refractivity contribution is 6.07. The van der Waals surface area contributed by atoms with Crippen molar-refractivity contribution in [1.82, 2.24) is 20.2 Å². The molecule has 0 bridgehead atoms. The molecule has 9 heteroatoms. The molecule has 0 spiro atoms. The van der Waals surface area contributed by atoms with Crippen molar-refractivity contribution in [1.29, 1.82) is 0 Å². The molecule has 142 valence electrons. The lowest BCUT2D eigenvalue weighted by Crippen LogP contribution is -2.28. The van der Waals surface area contributed by atoms with Crippen LogP contribution in [0, 0.1) is 11.6 Å². The van der Waals surface area contributed by atoms with Crippen LogP contribution in [0.15, 0.2) is 52.8 Å². The Morgan fingerprint density at radius 3 is 2.71 bits per heavy atom. The maximum atomic E-state index is 14.1. The van der Waals surface area contributed by atoms with Crippen molar-refractivity contribution in [3.8, 4) is 0 Å². The van der Waals surface area contributed by atoms with Crippen LogP contribution in [0.4, 0.5) is 14.5 Å². The number of aliphatic imine (C=N–C) groups is 1. The second-order valence-electron chi connectivity index (χ2n) is 6.27. The summed E-state index contributed by atoms with van der Waals surface area (Å²) in [5, 5.41) is 18.5. The fraction of sp³-hybridized carbons (Fsp3) is 0.158. The number of aliphatic hydroxyl groups is 1. The SMILES string of the molecule is Cn1ncnc1CC1=NNC(O)c2cc(F)cc(/N=C/c3ccc(F)cc3)c21. The molecule has 0 amide bonds. The molecule has 2 N–H and O–H groups in total. The number of aryl methyl sites for hydroxylation is 1. The molecule has 0 saturated heterocycles. The lowest BCUT2D eigenvalue weighted by molar-refractivity contribution is 0.138. The van der Waals surface area contributed by atoms with Crippen molar-refractivity contribution >= 4 is 17.6 Å². The van der Waals surface area contributed by atoms with E-state index < -0.39 is 12.0 Å². The van der Waals surface area contributed by atoms with Crippen molar-refractivity contribution in [2.24, 2.45) is 17.1 Å². The van der Waals surface area contributed by atoms with Crippen molar-refractivity contribution in [3.63, 3.8) is 0 Å². The quantitative estimate of drug-likeness (QED) is 0.679. The van der Waals surface area contributed by atoms with Gasteiger partial charge in [-0.1, -0.05) is 12.1 Å². The smallest absolute Gasteiger partial charge is 0.166 e. The number of aliphatic hydroxyl groups excluding tert-OH is 1. The van der Waals surface area contributed by atoms with E-state index in [0.29, 0.717) is 40.3 Å². The minimum Gasteiger partial charge on any atom is -0.368 e. The van der Waals surface area contributed by atoms with Crippen LogP contribution in [0.25, 0.3) is 0 Å². The minimum atomic E-state index is -1.16. The molecule has 1 aromatic heterocycles. The average molecular weight is 382 g/mol. The highest BCUT2D eigenvalue weighted by Gasteiger charge is 2.26. The third-order valence-corrected chi connectivity index (χ3v) is 4.37. The van der Waals surface area contributed by atoms with Gasteiger partial charge in [0, 0.05) is 30.5 Å². The summed E-state index contributed by atoms with van der Waals surface area (Å²) < 4.78 is 28.8. The summed E-state index contributed by atoms with van der Waals surface area (Å²) in [7, 11) is 1.76. The van der Waals surface area contributed by atoms with E-state index in [4.69, 9.17) is 0 Å². The van der Waals surface area contributed by atoms with Crippen LogP contribution in [0.2, 0.25) is 0 Å². The standard InChI is InChI=1S/C19H16F2N6O/c1-27-17(23-10-24-27)8-16-18-14(19(28)26-25-16)6-13(21)7-15(18)22-9-11-2-4-12(20)5-3-11/h2-7,9-10,19,26,28H,8H2,1H3/b22-9+. The molecule has 1 unspecified atom stereocenters. The van der Waals surface area contributed by atoms with Gasteiger partial charge in [0.05, 0.1) is 17.8 Å². The van der Waals surface area contributed by atoms with E-state index in [9.17, 15) is 13.9 Å². The molecule has 1 atom stereocenters. The highest BCUT2D eigenvalue weighted by Crippen LogP contribution is 2.32. The molecule has 1 aliphatic rings. The number of hydrogen-bond donors (Lipinski definition) is 2. The Morgan fingerprint density at radius 1 is 1.21 bits per heavy atom. The van der Waals surface area contributed by atoms with Crippen LogP contribution in [0.3, 0.4) is 0 Å². The number of nitrogens with one attached hydrogen (secondary N) is 1. The number of aromatic nitrogens is 3. The molecule has 28 heavy (non-hydrogen) atoms. The molecule has 2 aromatic carbocycles. The van der Waals surface area contributed by atoms with Crippen LogP contribution in [0.5, 0.6) is 0 Å². The van der Waals surface area contributed by atoms with Crippen molar-refractivity contribution < 1.29 is 13.9 Å². The van der Waals surface area contributed by atoms with Gasteiger partial charge < -0.3 is 5.11 Å². The van der Waals surface area contributed by atoms with E-state index in [-0.39, 0.29) is 5.82 Å². The second-order valence-corrected chi connectivity index (χ2v) is 6.27.